The molecule has 0 saturated carbocycles. The molecule has 1 atom stereocenters. The Morgan fingerprint density at radius 1 is 1.38 bits per heavy atom. The number of amides is 4. The quantitative estimate of drug-likeness (QED) is 0.541. The summed E-state index contributed by atoms with van der Waals surface area (Å²) in [7, 11) is 0. The van der Waals surface area contributed by atoms with E-state index in [2.05, 4.69) is 10.6 Å². The van der Waals surface area contributed by atoms with Crippen molar-refractivity contribution in [3.63, 3.8) is 0 Å². The van der Waals surface area contributed by atoms with E-state index in [1.807, 2.05) is 6.92 Å². The summed E-state index contributed by atoms with van der Waals surface area (Å²) in [5, 5.41) is 5.41. The van der Waals surface area contributed by atoms with Crippen LogP contribution in [-0.4, -0.2) is 48.2 Å². The molecule has 0 spiro atoms. The van der Waals surface area contributed by atoms with Crippen molar-refractivity contribution in [2.75, 3.05) is 13.1 Å². The predicted octanol–water partition coefficient (Wildman–Crippen LogP) is -0.444. The predicted molar refractivity (Wildman–Crippen MR) is 73.9 cm³/mol. The molecule has 0 radical (unpaired) electrons. The lowest BCUT2D eigenvalue weighted by molar-refractivity contribution is -0.151. The van der Waals surface area contributed by atoms with Crippen LogP contribution in [0.15, 0.2) is 0 Å². The minimum absolute atomic E-state index is 0.148. The Hall–Kier alpha value is -1.76. The Morgan fingerprint density at radius 3 is 2.62 bits per heavy atom. The summed E-state index contributed by atoms with van der Waals surface area (Å²) < 4.78 is 0. The molecule has 7 heteroatoms. The van der Waals surface area contributed by atoms with E-state index in [1.165, 1.54) is 0 Å². The number of carbonyl (C=O) groups excluding carboxylic acids is 4. The van der Waals surface area contributed by atoms with E-state index in [9.17, 15) is 19.2 Å². The van der Waals surface area contributed by atoms with Crippen molar-refractivity contribution in [1.82, 2.24) is 15.5 Å². The van der Waals surface area contributed by atoms with E-state index in [1.54, 1.807) is 0 Å². The number of rotatable bonds is 4. The van der Waals surface area contributed by atoms with Gasteiger partial charge in [0.25, 0.3) is 0 Å². The van der Waals surface area contributed by atoms with Gasteiger partial charge in [0.15, 0.2) is 0 Å². The highest BCUT2D eigenvalue weighted by atomic mass is 16.2. The molecule has 2 N–H and O–H groups in total. The van der Waals surface area contributed by atoms with Crippen LogP contribution in [0.25, 0.3) is 0 Å². The van der Waals surface area contributed by atoms with Crippen molar-refractivity contribution in [2.45, 2.75) is 45.1 Å². The van der Waals surface area contributed by atoms with Gasteiger partial charge >= 0.3 is 0 Å². The third-order valence-corrected chi connectivity index (χ3v) is 4.34. The first-order chi connectivity index (χ1) is 9.95. The highest BCUT2D eigenvalue weighted by Gasteiger charge is 2.37. The van der Waals surface area contributed by atoms with E-state index in [4.69, 9.17) is 0 Å². The largest absolute Gasteiger partial charge is 0.317 e. The normalized spacial score (nSPS) is 25.1. The Morgan fingerprint density at radius 2 is 2.05 bits per heavy atom. The molecule has 1 unspecified atom stereocenters. The molecular formula is C14H21N3O4. The Bertz CT molecular complexity index is 457. The Labute approximate surface area is 123 Å². The van der Waals surface area contributed by atoms with Crippen molar-refractivity contribution in [3.8, 4) is 0 Å². The first-order valence-electron chi connectivity index (χ1n) is 7.26. The first kappa shape index (κ1) is 15.6. The summed E-state index contributed by atoms with van der Waals surface area (Å²) >= 11 is 0. The fourth-order valence-corrected chi connectivity index (χ4v) is 2.92. The monoisotopic (exact) mass is 295 g/mol. The SMILES string of the molecule is CC1(CC(=O)N(C=O)C2CCC(=O)NC2=O)CCNCC1. The van der Waals surface area contributed by atoms with Gasteiger partial charge in [-0.1, -0.05) is 6.92 Å². The second-order valence-corrected chi connectivity index (χ2v) is 6.11. The summed E-state index contributed by atoms with van der Waals surface area (Å²) in [4.78, 5) is 47.5. The van der Waals surface area contributed by atoms with Gasteiger partial charge in [-0.2, -0.15) is 0 Å². The standard InChI is InChI=1S/C14H21N3O4/c1-14(4-6-15-7-5-14)8-12(20)17(9-18)10-2-3-11(19)16-13(10)21/h9-10,15H,2-8H2,1H3,(H,16,19,21). The molecule has 4 amide bonds. The van der Waals surface area contributed by atoms with Crippen LogP contribution < -0.4 is 10.6 Å². The van der Waals surface area contributed by atoms with Gasteiger partial charge in [0, 0.05) is 12.8 Å². The van der Waals surface area contributed by atoms with Crippen LogP contribution in [0.2, 0.25) is 0 Å². The zero-order chi connectivity index (χ0) is 15.5. The number of nitrogens with one attached hydrogen (secondary N) is 2. The van der Waals surface area contributed by atoms with Crippen molar-refractivity contribution in [1.29, 1.82) is 0 Å². The fourth-order valence-electron chi connectivity index (χ4n) is 2.92. The van der Waals surface area contributed by atoms with E-state index in [-0.39, 0.29) is 36.5 Å². The number of nitrogens with zero attached hydrogens (tertiary/aromatic N) is 1. The second-order valence-electron chi connectivity index (χ2n) is 6.11. The molecule has 0 bridgehead atoms. The van der Waals surface area contributed by atoms with E-state index < -0.39 is 11.9 Å². The molecule has 21 heavy (non-hydrogen) atoms. The van der Waals surface area contributed by atoms with E-state index in [0.29, 0.717) is 6.41 Å². The molecule has 0 aromatic rings. The number of carbonyl (C=O) groups is 4. The maximum absolute atomic E-state index is 12.4. The number of hydrogen-bond donors (Lipinski definition) is 2. The minimum Gasteiger partial charge on any atom is -0.317 e. The van der Waals surface area contributed by atoms with Crippen molar-refractivity contribution in [3.05, 3.63) is 0 Å². The maximum Gasteiger partial charge on any atom is 0.249 e. The lowest BCUT2D eigenvalue weighted by Gasteiger charge is -2.36. The molecule has 2 fully saturated rings. The number of piperidine rings is 2. The van der Waals surface area contributed by atoms with Crippen molar-refractivity contribution < 1.29 is 19.2 Å². The van der Waals surface area contributed by atoms with Gasteiger partial charge in [-0.25, -0.2) is 0 Å². The Balaban J connectivity index is 2.03. The van der Waals surface area contributed by atoms with Gasteiger partial charge in [0.2, 0.25) is 24.1 Å². The molecule has 0 aromatic carbocycles. The molecule has 2 aliphatic heterocycles. The van der Waals surface area contributed by atoms with Crippen LogP contribution in [0.3, 0.4) is 0 Å². The van der Waals surface area contributed by atoms with Gasteiger partial charge in [-0.3, -0.25) is 29.4 Å². The van der Waals surface area contributed by atoms with Crippen LogP contribution in [0.5, 0.6) is 0 Å². The van der Waals surface area contributed by atoms with Crippen LogP contribution in [-0.2, 0) is 19.2 Å². The highest BCUT2D eigenvalue weighted by molar-refractivity contribution is 6.03. The van der Waals surface area contributed by atoms with Crippen LogP contribution >= 0.6 is 0 Å². The van der Waals surface area contributed by atoms with E-state index >= 15 is 0 Å². The lowest BCUT2D eigenvalue weighted by atomic mass is 9.77. The summed E-state index contributed by atoms with van der Waals surface area (Å²) in [6.45, 7) is 3.73. The summed E-state index contributed by atoms with van der Waals surface area (Å²) in [5.74, 6) is -1.27. The summed E-state index contributed by atoms with van der Waals surface area (Å²) in [5.41, 5.74) is -0.148. The average molecular weight is 295 g/mol. The van der Waals surface area contributed by atoms with Gasteiger partial charge in [-0.15, -0.1) is 0 Å². The van der Waals surface area contributed by atoms with Gasteiger partial charge < -0.3 is 5.32 Å². The smallest absolute Gasteiger partial charge is 0.249 e. The van der Waals surface area contributed by atoms with Crippen molar-refractivity contribution in [2.24, 2.45) is 5.41 Å². The molecular weight excluding hydrogens is 274 g/mol. The molecule has 2 aliphatic rings. The van der Waals surface area contributed by atoms with Crippen molar-refractivity contribution >= 4 is 24.1 Å². The Kier molecular flexibility index (Phi) is 4.72. The minimum atomic E-state index is -0.863. The molecule has 2 heterocycles. The van der Waals surface area contributed by atoms with Crippen LogP contribution in [0.1, 0.15) is 39.0 Å². The average Bonchev–Trinajstić information content (AvgIpc) is 2.42. The third-order valence-electron chi connectivity index (χ3n) is 4.34. The van der Waals surface area contributed by atoms with Crippen LogP contribution in [0.4, 0.5) is 0 Å². The fraction of sp³-hybridized carbons (Fsp3) is 0.714. The molecule has 0 aliphatic carbocycles. The summed E-state index contributed by atoms with van der Waals surface area (Å²) in [6, 6.07) is -0.863. The first-order valence-corrected chi connectivity index (χ1v) is 7.26. The molecule has 0 aromatic heterocycles. The number of hydrogen-bond acceptors (Lipinski definition) is 5. The van der Waals surface area contributed by atoms with Gasteiger partial charge in [-0.05, 0) is 37.8 Å². The topological polar surface area (TPSA) is 95.6 Å². The lowest BCUT2D eigenvalue weighted by Crippen LogP contribution is -2.54. The molecule has 2 saturated heterocycles. The number of imide groups is 2. The molecule has 7 nitrogen and oxygen atoms in total. The maximum atomic E-state index is 12.4. The highest BCUT2D eigenvalue weighted by Crippen LogP contribution is 2.32. The zero-order valence-electron chi connectivity index (χ0n) is 12.2. The van der Waals surface area contributed by atoms with Crippen LogP contribution in [0, 0.1) is 5.41 Å². The zero-order valence-corrected chi connectivity index (χ0v) is 12.2. The second kappa shape index (κ2) is 6.34. The third kappa shape index (κ3) is 3.66. The van der Waals surface area contributed by atoms with E-state index in [0.717, 1.165) is 30.8 Å². The van der Waals surface area contributed by atoms with Gasteiger partial charge in [0.05, 0.1) is 0 Å². The molecule has 116 valence electrons. The summed E-state index contributed by atoms with van der Waals surface area (Å²) in [6.07, 6.45) is 2.72. The van der Waals surface area contributed by atoms with Gasteiger partial charge in [0.1, 0.15) is 6.04 Å². The molecule has 2 rings (SSSR count).